The van der Waals surface area contributed by atoms with E-state index in [4.69, 9.17) is 9.47 Å². The van der Waals surface area contributed by atoms with Crippen LogP contribution in [0.1, 0.15) is 97.9 Å². The minimum atomic E-state index is -2.86. The van der Waals surface area contributed by atoms with E-state index in [2.05, 4.69) is 35.6 Å². The van der Waals surface area contributed by atoms with Crippen LogP contribution < -0.4 is 21.2 Å². The Bertz CT molecular complexity index is 2490. The Hall–Kier alpha value is -5.53. The van der Waals surface area contributed by atoms with Gasteiger partial charge in [0.25, 0.3) is 12.3 Å². The van der Waals surface area contributed by atoms with Crippen LogP contribution in [0.5, 0.6) is 0 Å². The molecule has 0 bridgehead atoms. The number of aryl methyl sites for hydroxylation is 2. The number of halogens is 2. The second-order valence-corrected chi connectivity index (χ2v) is 17.0. The van der Waals surface area contributed by atoms with E-state index in [1.807, 2.05) is 24.3 Å². The maximum atomic E-state index is 14.2. The summed E-state index contributed by atoms with van der Waals surface area (Å²) in [6.07, 6.45) is 9.68. The number of fused-ring (bicyclic) bond motifs is 2. The summed E-state index contributed by atoms with van der Waals surface area (Å²) in [7, 11) is 1.71. The number of alkyl halides is 2. The molecule has 1 aliphatic carbocycles. The van der Waals surface area contributed by atoms with Gasteiger partial charge in [-0.05, 0) is 87.5 Å². The monoisotopic (exact) mass is 857 g/mol. The smallest absolute Gasteiger partial charge is 0.329 e. The molecule has 3 amide bonds. The zero-order valence-corrected chi connectivity index (χ0v) is 34.9. The summed E-state index contributed by atoms with van der Waals surface area (Å²) in [4.78, 5) is 60.0. The highest BCUT2D eigenvalue weighted by Gasteiger charge is 2.32. The number of hydrogen-bond acceptors (Lipinski definition) is 11. The lowest BCUT2D eigenvalue weighted by Gasteiger charge is -2.36. The quantitative estimate of drug-likeness (QED) is 0.127. The summed E-state index contributed by atoms with van der Waals surface area (Å²) in [5, 5.41) is 13.6. The first-order chi connectivity index (χ1) is 30.1. The third kappa shape index (κ3) is 8.74. The molecule has 1 atom stereocenters. The number of rotatable bonds is 13. The second kappa shape index (κ2) is 18.1. The number of morpholine rings is 1. The summed E-state index contributed by atoms with van der Waals surface area (Å²) in [6.45, 7) is 6.11. The molecule has 1 aromatic carbocycles. The van der Waals surface area contributed by atoms with E-state index in [9.17, 15) is 28.0 Å². The first-order valence-electron chi connectivity index (χ1n) is 21.8. The topological polar surface area (TPSA) is 175 Å². The van der Waals surface area contributed by atoms with E-state index in [1.54, 1.807) is 28.7 Å². The van der Waals surface area contributed by atoms with Gasteiger partial charge in [0.05, 0.1) is 48.3 Å². The van der Waals surface area contributed by atoms with Crippen LogP contribution in [0.2, 0.25) is 0 Å². The minimum Gasteiger partial charge on any atom is -0.378 e. The third-order valence-electron chi connectivity index (χ3n) is 13.0. The lowest BCUT2D eigenvalue weighted by atomic mass is 9.85. The molecule has 3 saturated heterocycles. The number of carbonyl (C=O) groups excluding carboxylic acids is 3. The van der Waals surface area contributed by atoms with E-state index in [0.29, 0.717) is 62.2 Å². The lowest BCUT2D eigenvalue weighted by molar-refractivity contribution is -0.135. The van der Waals surface area contributed by atoms with Crippen LogP contribution in [0.3, 0.4) is 0 Å². The Labute approximate surface area is 356 Å². The Morgan fingerprint density at radius 2 is 1.79 bits per heavy atom. The molecule has 62 heavy (non-hydrogen) atoms. The number of aromatic nitrogens is 7. The van der Waals surface area contributed by atoms with Crippen LogP contribution in [0.15, 0.2) is 47.7 Å². The molecule has 2 N–H and O–H groups in total. The molecule has 1 saturated carbocycles. The number of piperidine rings is 2. The first-order valence-corrected chi connectivity index (χ1v) is 21.8. The van der Waals surface area contributed by atoms with Crippen molar-refractivity contribution in [1.82, 2.24) is 43.7 Å². The van der Waals surface area contributed by atoms with Gasteiger partial charge in [-0.15, -0.1) is 0 Å². The third-order valence-corrected chi connectivity index (χ3v) is 13.0. The van der Waals surface area contributed by atoms with E-state index in [-0.39, 0.29) is 41.4 Å². The number of likely N-dealkylation sites (tertiary alicyclic amines) is 1. The van der Waals surface area contributed by atoms with Crippen molar-refractivity contribution in [3.05, 3.63) is 70.2 Å². The fourth-order valence-corrected chi connectivity index (χ4v) is 9.56. The summed E-state index contributed by atoms with van der Waals surface area (Å²) < 4.78 is 46.4. The average molecular weight is 858 g/mol. The maximum Gasteiger partial charge on any atom is 0.329 e. The number of imidazole rings is 1. The fraction of sp³-hybridized carbons (Fsp3) is 0.558. The van der Waals surface area contributed by atoms with Crippen LogP contribution in [0.25, 0.3) is 16.7 Å². The second-order valence-electron chi connectivity index (χ2n) is 17.0. The van der Waals surface area contributed by atoms with Crippen LogP contribution in [0.4, 0.5) is 20.3 Å². The van der Waals surface area contributed by atoms with Crippen molar-refractivity contribution in [3.8, 4) is 0 Å². The number of benzene rings is 1. The van der Waals surface area contributed by atoms with Gasteiger partial charge in [-0.3, -0.25) is 33.5 Å². The van der Waals surface area contributed by atoms with Gasteiger partial charge in [0.1, 0.15) is 17.4 Å². The standard InChI is InChI=1S/C43H53F2N11O6/c1-51-35-23-27(6-9-33(35)56(43(51)60)34-10-11-37(57)49-42(34)59)3-2-20-62-30-12-15-52(16-13-30)25-28-4-7-29(8-5-28)55-26-32(38(50-55)39(44)45)47-41(58)31-24-46-54-17-14-36(48-40(31)54)53-18-21-61-22-19-53/h6,9,14,17,23-24,26,28-30,34,39H,2-5,7-8,10-13,15-16,18-22,25H2,1H3,(H,47,58)(H,49,57,59). The number of anilines is 2. The highest BCUT2D eigenvalue weighted by Crippen LogP contribution is 2.36. The molecule has 3 aliphatic heterocycles. The van der Waals surface area contributed by atoms with Crippen molar-refractivity contribution in [2.45, 2.75) is 88.8 Å². The minimum absolute atomic E-state index is 0.00487. The number of nitrogens with one attached hydrogen (secondary N) is 2. The largest absolute Gasteiger partial charge is 0.378 e. The van der Waals surface area contributed by atoms with Gasteiger partial charge in [-0.2, -0.15) is 10.2 Å². The van der Waals surface area contributed by atoms with Gasteiger partial charge in [0, 0.05) is 65.2 Å². The van der Waals surface area contributed by atoms with Gasteiger partial charge in [0.2, 0.25) is 11.8 Å². The molecule has 1 unspecified atom stereocenters. The molecule has 4 fully saturated rings. The fourth-order valence-electron chi connectivity index (χ4n) is 9.56. The van der Waals surface area contributed by atoms with Crippen molar-refractivity contribution in [3.63, 3.8) is 0 Å². The lowest BCUT2D eigenvalue weighted by Crippen LogP contribution is -2.44. The summed E-state index contributed by atoms with van der Waals surface area (Å²) in [5.74, 6) is -0.120. The predicted octanol–water partition coefficient (Wildman–Crippen LogP) is 4.43. The van der Waals surface area contributed by atoms with Crippen molar-refractivity contribution in [1.29, 1.82) is 0 Å². The highest BCUT2D eigenvalue weighted by molar-refractivity contribution is 6.08. The summed E-state index contributed by atoms with van der Waals surface area (Å²) in [5.41, 5.74) is 2.33. The zero-order valence-electron chi connectivity index (χ0n) is 34.9. The van der Waals surface area contributed by atoms with Gasteiger partial charge in [-0.25, -0.2) is 23.1 Å². The molecule has 19 heteroatoms. The number of amides is 3. The van der Waals surface area contributed by atoms with Gasteiger partial charge < -0.3 is 24.6 Å². The molecule has 7 heterocycles. The van der Waals surface area contributed by atoms with Crippen LogP contribution in [-0.4, -0.2) is 115 Å². The van der Waals surface area contributed by atoms with Crippen molar-refractivity contribution >= 4 is 45.9 Å². The van der Waals surface area contributed by atoms with E-state index in [1.165, 1.54) is 15.3 Å². The first kappa shape index (κ1) is 41.8. The van der Waals surface area contributed by atoms with Crippen molar-refractivity contribution < 1.29 is 32.6 Å². The Morgan fingerprint density at radius 1 is 1.00 bits per heavy atom. The van der Waals surface area contributed by atoms with Crippen LogP contribution >= 0.6 is 0 Å². The number of carbonyl (C=O) groups is 3. The Morgan fingerprint density at radius 3 is 2.55 bits per heavy atom. The number of imide groups is 1. The molecule has 17 nitrogen and oxygen atoms in total. The molecule has 4 aliphatic rings. The molecule has 0 radical (unpaired) electrons. The van der Waals surface area contributed by atoms with Gasteiger partial charge >= 0.3 is 5.69 Å². The van der Waals surface area contributed by atoms with Crippen molar-refractivity contribution in [2.75, 3.05) is 62.8 Å². The normalized spacial score (nSPS) is 21.9. The van der Waals surface area contributed by atoms with Gasteiger partial charge in [-0.1, -0.05) is 6.07 Å². The molecular weight excluding hydrogens is 805 g/mol. The Kier molecular flexibility index (Phi) is 12.2. The number of hydrogen-bond donors (Lipinski definition) is 2. The Balaban J connectivity index is 0.717. The predicted molar refractivity (Wildman–Crippen MR) is 224 cm³/mol. The van der Waals surface area contributed by atoms with E-state index >= 15 is 0 Å². The van der Waals surface area contributed by atoms with E-state index < -0.39 is 30.0 Å². The van der Waals surface area contributed by atoms with Gasteiger partial charge in [0.15, 0.2) is 11.3 Å². The zero-order chi connectivity index (χ0) is 42.9. The molecular formula is C43H53F2N11O6. The van der Waals surface area contributed by atoms with Crippen LogP contribution in [-0.2, 0) is 32.5 Å². The molecule has 0 spiro atoms. The highest BCUT2D eigenvalue weighted by atomic mass is 19.3. The van der Waals surface area contributed by atoms with Crippen LogP contribution in [0, 0.1) is 5.92 Å². The molecule has 9 rings (SSSR count). The number of ether oxygens (including phenoxy) is 2. The number of nitrogens with zero attached hydrogens (tertiary/aromatic N) is 9. The van der Waals surface area contributed by atoms with Crippen molar-refractivity contribution in [2.24, 2.45) is 13.0 Å². The molecule has 4 aromatic heterocycles. The molecule has 330 valence electrons. The average Bonchev–Trinajstić information content (AvgIpc) is 3.97. The summed E-state index contributed by atoms with van der Waals surface area (Å²) >= 11 is 0. The maximum absolute atomic E-state index is 14.2. The summed E-state index contributed by atoms with van der Waals surface area (Å²) in [6, 6.07) is 6.98. The molecule has 5 aromatic rings. The SMILES string of the molecule is Cn1c(=O)n(C2CCC(=O)NC2=O)c2ccc(CCCOC3CCN(CC4CCC(n5cc(NC(=O)c6cnn7ccc(N8CCOCC8)nc67)c(C(F)F)n5)CC4)CC3)cc21. The van der Waals surface area contributed by atoms with E-state index in [0.717, 1.165) is 82.1 Å².